The summed E-state index contributed by atoms with van der Waals surface area (Å²) in [6.07, 6.45) is 0. The van der Waals surface area contributed by atoms with Crippen molar-refractivity contribution in [2.24, 2.45) is 0 Å². The number of halogens is 3. The molecule has 2 rings (SSSR count). The zero-order valence-corrected chi connectivity index (χ0v) is 15.7. The van der Waals surface area contributed by atoms with Gasteiger partial charge in [-0.25, -0.2) is 0 Å². The molecule has 0 fully saturated rings. The Bertz CT molecular complexity index is 727. The van der Waals surface area contributed by atoms with Crippen molar-refractivity contribution in [3.63, 3.8) is 0 Å². The SMILES string of the molecule is COc1c(C)cc(Br)c(C)c1C(=O)c1ccc(Br)cc1Cl. The first-order valence-corrected chi connectivity index (χ1v) is 8.16. The van der Waals surface area contributed by atoms with Crippen molar-refractivity contribution in [3.8, 4) is 5.75 Å². The molecule has 0 saturated carbocycles. The summed E-state index contributed by atoms with van der Waals surface area (Å²) in [7, 11) is 1.57. The molecule has 0 aliphatic heterocycles. The number of benzene rings is 2. The summed E-state index contributed by atoms with van der Waals surface area (Å²) in [5.41, 5.74) is 2.72. The number of hydrogen-bond donors (Lipinski definition) is 0. The lowest BCUT2D eigenvalue weighted by atomic mass is 9.96. The zero-order valence-electron chi connectivity index (χ0n) is 11.8. The number of carbonyl (C=O) groups excluding carboxylic acids is 1. The third-order valence-electron chi connectivity index (χ3n) is 3.27. The van der Waals surface area contributed by atoms with E-state index in [1.54, 1.807) is 25.3 Å². The molecule has 0 radical (unpaired) electrons. The van der Waals surface area contributed by atoms with Crippen LogP contribution in [-0.2, 0) is 0 Å². The quantitative estimate of drug-likeness (QED) is 0.580. The number of ketones is 1. The van der Waals surface area contributed by atoms with E-state index in [2.05, 4.69) is 31.9 Å². The predicted octanol–water partition coefficient (Wildman–Crippen LogP) is 5.72. The molecule has 0 unspecified atom stereocenters. The van der Waals surface area contributed by atoms with E-state index in [1.165, 1.54) is 0 Å². The first-order valence-electron chi connectivity index (χ1n) is 6.20. The molecule has 0 N–H and O–H groups in total. The molecular weight excluding hydrogens is 419 g/mol. The van der Waals surface area contributed by atoms with Gasteiger partial charge >= 0.3 is 0 Å². The Balaban J connectivity index is 2.68. The van der Waals surface area contributed by atoms with Crippen molar-refractivity contribution < 1.29 is 9.53 Å². The van der Waals surface area contributed by atoms with E-state index in [1.807, 2.05) is 19.9 Å². The van der Waals surface area contributed by atoms with E-state index < -0.39 is 0 Å². The first kappa shape index (κ1) is 16.5. The lowest BCUT2D eigenvalue weighted by Crippen LogP contribution is -2.09. The van der Waals surface area contributed by atoms with Gasteiger partial charge in [0.25, 0.3) is 0 Å². The number of rotatable bonds is 3. The van der Waals surface area contributed by atoms with Crippen LogP contribution in [0, 0.1) is 13.8 Å². The fourth-order valence-electron chi connectivity index (χ4n) is 2.20. The molecule has 0 aliphatic carbocycles. The fraction of sp³-hybridized carbons (Fsp3) is 0.188. The van der Waals surface area contributed by atoms with Gasteiger partial charge in [-0.15, -0.1) is 0 Å². The molecule has 0 saturated heterocycles. The molecule has 110 valence electrons. The van der Waals surface area contributed by atoms with E-state index in [4.69, 9.17) is 16.3 Å². The van der Waals surface area contributed by atoms with Crippen molar-refractivity contribution >= 4 is 49.2 Å². The van der Waals surface area contributed by atoms with Crippen molar-refractivity contribution in [3.05, 3.63) is 60.5 Å². The van der Waals surface area contributed by atoms with E-state index >= 15 is 0 Å². The second-order valence-electron chi connectivity index (χ2n) is 4.66. The molecule has 0 amide bonds. The average Bonchev–Trinajstić information content (AvgIpc) is 2.41. The molecule has 0 heterocycles. The second-order valence-corrected chi connectivity index (χ2v) is 6.84. The van der Waals surface area contributed by atoms with Crippen LogP contribution in [-0.4, -0.2) is 12.9 Å². The number of ether oxygens (including phenoxy) is 1. The molecule has 2 nitrogen and oxygen atoms in total. The fourth-order valence-corrected chi connectivity index (χ4v) is 3.50. The van der Waals surface area contributed by atoms with Gasteiger partial charge in [0, 0.05) is 14.5 Å². The minimum absolute atomic E-state index is 0.147. The summed E-state index contributed by atoms with van der Waals surface area (Å²) in [5, 5.41) is 0.411. The van der Waals surface area contributed by atoms with Crippen LogP contribution in [0.4, 0.5) is 0 Å². The van der Waals surface area contributed by atoms with E-state index in [0.29, 0.717) is 21.9 Å². The normalized spacial score (nSPS) is 10.6. The molecule has 0 bridgehead atoms. The smallest absolute Gasteiger partial charge is 0.198 e. The highest BCUT2D eigenvalue weighted by Crippen LogP contribution is 2.35. The third kappa shape index (κ3) is 3.17. The average molecular weight is 433 g/mol. The Morgan fingerprint density at radius 3 is 2.43 bits per heavy atom. The van der Waals surface area contributed by atoms with Gasteiger partial charge in [-0.1, -0.05) is 43.5 Å². The maximum atomic E-state index is 12.9. The van der Waals surface area contributed by atoms with E-state index in [0.717, 1.165) is 20.1 Å². The summed E-state index contributed by atoms with van der Waals surface area (Å²) in [6, 6.07) is 7.16. The molecule has 0 aromatic heterocycles. The Kier molecular flexibility index (Phi) is 5.12. The van der Waals surface area contributed by atoms with Crippen LogP contribution in [0.5, 0.6) is 5.75 Å². The predicted molar refractivity (Wildman–Crippen MR) is 92.8 cm³/mol. The van der Waals surface area contributed by atoms with Gasteiger partial charge < -0.3 is 4.74 Å². The maximum absolute atomic E-state index is 12.9. The third-order valence-corrected chi connectivity index (χ3v) is 4.90. The van der Waals surface area contributed by atoms with Gasteiger partial charge in [0.1, 0.15) is 5.75 Å². The molecule has 0 aliphatic rings. The topological polar surface area (TPSA) is 26.3 Å². The molecule has 2 aromatic carbocycles. The van der Waals surface area contributed by atoms with Gasteiger partial charge in [0.2, 0.25) is 0 Å². The summed E-state index contributed by atoms with van der Waals surface area (Å²) in [4.78, 5) is 12.9. The lowest BCUT2D eigenvalue weighted by Gasteiger charge is -2.15. The van der Waals surface area contributed by atoms with Gasteiger partial charge in [-0.2, -0.15) is 0 Å². The summed E-state index contributed by atoms with van der Waals surface area (Å²) < 4.78 is 7.13. The summed E-state index contributed by atoms with van der Waals surface area (Å²) >= 11 is 13.0. The highest BCUT2D eigenvalue weighted by molar-refractivity contribution is 9.10. The monoisotopic (exact) mass is 430 g/mol. The molecule has 2 aromatic rings. The molecule has 0 atom stereocenters. The highest BCUT2D eigenvalue weighted by atomic mass is 79.9. The van der Waals surface area contributed by atoms with Crippen molar-refractivity contribution in [2.75, 3.05) is 7.11 Å². The molecule has 21 heavy (non-hydrogen) atoms. The molecule has 0 spiro atoms. The Hall–Kier alpha value is -0.840. The van der Waals surface area contributed by atoms with Gasteiger partial charge in [0.05, 0.1) is 17.7 Å². The van der Waals surface area contributed by atoms with Crippen LogP contribution in [0.1, 0.15) is 27.0 Å². The Morgan fingerprint density at radius 2 is 1.86 bits per heavy atom. The number of aryl methyl sites for hydroxylation is 1. The van der Waals surface area contributed by atoms with Crippen LogP contribution in [0.2, 0.25) is 5.02 Å². The summed E-state index contributed by atoms with van der Waals surface area (Å²) in [5.74, 6) is 0.436. The van der Waals surface area contributed by atoms with Gasteiger partial charge in [-0.05, 0) is 49.2 Å². The maximum Gasteiger partial charge on any atom is 0.198 e. The van der Waals surface area contributed by atoms with E-state index in [9.17, 15) is 4.79 Å². The van der Waals surface area contributed by atoms with Crippen LogP contribution in [0.25, 0.3) is 0 Å². The zero-order chi connectivity index (χ0) is 15.7. The van der Waals surface area contributed by atoms with Crippen molar-refractivity contribution in [1.29, 1.82) is 0 Å². The minimum atomic E-state index is -0.147. The largest absolute Gasteiger partial charge is 0.496 e. The molecular formula is C16H13Br2ClO2. The minimum Gasteiger partial charge on any atom is -0.496 e. The van der Waals surface area contributed by atoms with Crippen LogP contribution in [0.3, 0.4) is 0 Å². The van der Waals surface area contributed by atoms with Gasteiger partial charge in [0.15, 0.2) is 5.78 Å². The van der Waals surface area contributed by atoms with Gasteiger partial charge in [-0.3, -0.25) is 4.79 Å². The number of hydrogen-bond acceptors (Lipinski definition) is 2. The standard InChI is InChI=1S/C16H13Br2ClO2/c1-8-6-12(18)9(2)14(16(8)21-3)15(20)11-5-4-10(17)7-13(11)19/h4-7H,1-3H3. The molecule has 5 heteroatoms. The second kappa shape index (κ2) is 6.51. The Labute approximate surface area is 145 Å². The van der Waals surface area contributed by atoms with Crippen molar-refractivity contribution in [1.82, 2.24) is 0 Å². The number of methoxy groups -OCH3 is 1. The summed E-state index contributed by atoms with van der Waals surface area (Å²) in [6.45, 7) is 3.79. The Morgan fingerprint density at radius 1 is 1.19 bits per heavy atom. The lowest BCUT2D eigenvalue weighted by molar-refractivity contribution is 0.103. The van der Waals surface area contributed by atoms with Crippen LogP contribution < -0.4 is 4.74 Å². The highest BCUT2D eigenvalue weighted by Gasteiger charge is 2.22. The van der Waals surface area contributed by atoms with Crippen LogP contribution >= 0.6 is 43.5 Å². The van der Waals surface area contributed by atoms with E-state index in [-0.39, 0.29) is 5.78 Å². The first-order chi connectivity index (χ1) is 9.86. The van der Waals surface area contributed by atoms with Crippen LogP contribution in [0.15, 0.2) is 33.2 Å². The number of carbonyl (C=O) groups is 1. The van der Waals surface area contributed by atoms with Crippen molar-refractivity contribution in [2.45, 2.75) is 13.8 Å².